The topological polar surface area (TPSA) is 44.0 Å². The van der Waals surface area contributed by atoms with Crippen LogP contribution in [0.5, 0.6) is 0 Å². The van der Waals surface area contributed by atoms with Crippen LogP contribution in [0.15, 0.2) is 18.4 Å². The fourth-order valence-corrected chi connectivity index (χ4v) is 0.610. The molecule has 0 aromatic carbocycles. The molecule has 0 aromatic heterocycles. The van der Waals surface area contributed by atoms with Crippen LogP contribution in [-0.4, -0.2) is 11.2 Å². The van der Waals surface area contributed by atoms with Crippen molar-refractivity contribution in [2.75, 3.05) is 0 Å². The van der Waals surface area contributed by atoms with Gasteiger partial charge in [-0.25, -0.2) is 0 Å². The second kappa shape index (κ2) is 6.10. The molecule has 0 fully saturated rings. The molecule has 0 heterocycles. The molecule has 0 bridgehead atoms. The Kier molecular flexibility index (Phi) is 5.47. The van der Waals surface area contributed by atoms with E-state index in [1.165, 1.54) is 6.08 Å². The highest BCUT2D eigenvalue weighted by molar-refractivity contribution is 4.84. The lowest BCUT2D eigenvalue weighted by Crippen LogP contribution is -2.00. The van der Waals surface area contributed by atoms with Crippen LogP contribution >= 0.6 is 0 Å². The first kappa shape index (κ1) is 8.97. The summed E-state index contributed by atoms with van der Waals surface area (Å²) in [4.78, 5) is 0. The molecule has 1 unspecified atom stereocenters. The number of unbranched alkanes of at least 4 members (excludes halogenated alkanes) is 1. The summed E-state index contributed by atoms with van der Waals surface area (Å²) < 4.78 is 0. The van der Waals surface area contributed by atoms with Crippen LogP contribution in [0.25, 0.3) is 0 Å². The van der Waals surface area contributed by atoms with E-state index in [0.717, 1.165) is 6.42 Å². The first-order valence-corrected chi connectivity index (χ1v) is 3.22. The van der Waals surface area contributed by atoms with Gasteiger partial charge in [0.1, 0.15) is 0 Å². The van der Waals surface area contributed by atoms with E-state index in [9.17, 15) is 0 Å². The first-order chi connectivity index (χ1) is 4.81. The van der Waals surface area contributed by atoms with Crippen molar-refractivity contribution < 1.29 is 5.11 Å². The summed E-state index contributed by atoms with van der Waals surface area (Å²) in [6, 6.07) is 2.00. The van der Waals surface area contributed by atoms with Crippen molar-refractivity contribution >= 4 is 0 Å². The van der Waals surface area contributed by atoms with Crippen LogP contribution in [-0.2, 0) is 0 Å². The Morgan fingerprint density at radius 3 is 2.90 bits per heavy atom. The van der Waals surface area contributed by atoms with Crippen molar-refractivity contribution in [3.8, 4) is 6.07 Å². The number of nitrogens with zero attached hydrogens (tertiary/aromatic N) is 1. The average molecular weight is 137 g/mol. The van der Waals surface area contributed by atoms with Gasteiger partial charge in [0.05, 0.1) is 12.2 Å². The minimum absolute atomic E-state index is 0.481. The van der Waals surface area contributed by atoms with Gasteiger partial charge in [0.15, 0.2) is 0 Å². The SMILES string of the molecule is C=C=CC(O)CCCC#N. The standard InChI is InChI=1S/C8H11NO/c1-2-5-8(10)6-3-4-7-9/h5,8,10H,1,3-4,6H2. The van der Waals surface area contributed by atoms with Gasteiger partial charge < -0.3 is 5.11 Å². The first-order valence-electron chi connectivity index (χ1n) is 3.22. The number of hydrogen-bond donors (Lipinski definition) is 1. The van der Waals surface area contributed by atoms with E-state index in [4.69, 9.17) is 10.4 Å². The summed E-state index contributed by atoms with van der Waals surface area (Å²) >= 11 is 0. The molecule has 2 heteroatoms. The van der Waals surface area contributed by atoms with Gasteiger partial charge >= 0.3 is 0 Å². The second-order valence-electron chi connectivity index (χ2n) is 1.99. The normalized spacial score (nSPS) is 11.2. The van der Waals surface area contributed by atoms with E-state index in [2.05, 4.69) is 12.3 Å². The molecule has 0 aliphatic heterocycles. The highest BCUT2D eigenvalue weighted by Crippen LogP contribution is 1.99. The molecule has 0 amide bonds. The van der Waals surface area contributed by atoms with Gasteiger partial charge in [-0.15, -0.1) is 5.73 Å². The maximum absolute atomic E-state index is 9.01. The third-order valence-electron chi connectivity index (χ3n) is 1.10. The fourth-order valence-electron chi connectivity index (χ4n) is 0.610. The van der Waals surface area contributed by atoms with E-state index >= 15 is 0 Å². The summed E-state index contributed by atoms with van der Waals surface area (Å²) in [5.74, 6) is 0. The van der Waals surface area contributed by atoms with Crippen LogP contribution in [0.2, 0.25) is 0 Å². The van der Waals surface area contributed by atoms with E-state index in [1.807, 2.05) is 6.07 Å². The minimum Gasteiger partial charge on any atom is -0.388 e. The zero-order valence-electron chi connectivity index (χ0n) is 5.88. The van der Waals surface area contributed by atoms with E-state index in [-0.39, 0.29) is 0 Å². The predicted molar refractivity (Wildman–Crippen MR) is 39.2 cm³/mol. The molecule has 0 aliphatic carbocycles. The highest BCUT2D eigenvalue weighted by Gasteiger charge is 1.96. The molecule has 54 valence electrons. The number of rotatable bonds is 4. The number of hydrogen-bond acceptors (Lipinski definition) is 2. The molecule has 10 heavy (non-hydrogen) atoms. The van der Waals surface area contributed by atoms with Gasteiger partial charge in [0.2, 0.25) is 0 Å². The zero-order valence-corrected chi connectivity index (χ0v) is 5.88. The summed E-state index contributed by atoms with van der Waals surface area (Å²) in [6.45, 7) is 3.32. The molecular weight excluding hydrogens is 126 g/mol. The monoisotopic (exact) mass is 137 g/mol. The molecule has 0 spiro atoms. The lowest BCUT2D eigenvalue weighted by molar-refractivity contribution is 0.210. The summed E-state index contributed by atoms with van der Waals surface area (Å²) in [7, 11) is 0. The maximum Gasteiger partial charge on any atom is 0.0794 e. The Bertz CT molecular complexity index is 163. The quantitative estimate of drug-likeness (QED) is 0.470. The number of aliphatic hydroxyl groups excluding tert-OH is 1. The molecule has 0 aromatic rings. The fraction of sp³-hybridized carbons (Fsp3) is 0.500. The van der Waals surface area contributed by atoms with Gasteiger partial charge in [-0.2, -0.15) is 5.26 Å². The molecule has 1 N–H and O–H groups in total. The third-order valence-corrected chi connectivity index (χ3v) is 1.10. The van der Waals surface area contributed by atoms with Crippen molar-refractivity contribution in [3.63, 3.8) is 0 Å². The molecule has 0 saturated heterocycles. The minimum atomic E-state index is -0.481. The van der Waals surface area contributed by atoms with E-state index < -0.39 is 6.10 Å². The zero-order chi connectivity index (χ0) is 7.82. The Labute approximate surface area is 61.1 Å². The van der Waals surface area contributed by atoms with Crippen LogP contribution in [0.1, 0.15) is 19.3 Å². The number of nitriles is 1. The van der Waals surface area contributed by atoms with Crippen LogP contribution < -0.4 is 0 Å². The van der Waals surface area contributed by atoms with Crippen molar-refractivity contribution in [1.29, 1.82) is 5.26 Å². The molecule has 0 rings (SSSR count). The predicted octanol–water partition coefficient (Wildman–Crippen LogP) is 1.38. The lowest BCUT2D eigenvalue weighted by atomic mass is 10.1. The molecular formula is C8H11NO. The van der Waals surface area contributed by atoms with Gasteiger partial charge in [-0.1, -0.05) is 6.58 Å². The Balaban J connectivity index is 3.32. The van der Waals surface area contributed by atoms with Gasteiger partial charge in [0.25, 0.3) is 0 Å². The highest BCUT2D eigenvalue weighted by atomic mass is 16.3. The van der Waals surface area contributed by atoms with E-state index in [1.54, 1.807) is 0 Å². The average Bonchev–Trinajstić information content (AvgIpc) is 1.89. The molecule has 2 nitrogen and oxygen atoms in total. The van der Waals surface area contributed by atoms with E-state index in [0.29, 0.717) is 12.8 Å². The van der Waals surface area contributed by atoms with Crippen LogP contribution in [0.4, 0.5) is 0 Å². The molecule has 0 aliphatic rings. The number of aliphatic hydroxyl groups is 1. The molecule has 0 saturated carbocycles. The third kappa shape index (κ3) is 5.11. The van der Waals surface area contributed by atoms with Gasteiger partial charge in [0, 0.05) is 6.42 Å². The van der Waals surface area contributed by atoms with Crippen molar-refractivity contribution in [1.82, 2.24) is 0 Å². The maximum atomic E-state index is 9.01. The van der Waals surface area contributed by atoms with Crippen molar-refractivity contribution in [2.24, 2.45) is 0 Å². The van der Waals surface area contributed by atoms with Crippen molar-refractivity contribution in [3.05, 3.63) is 18.4 Å². The Morgan fingerprint density at radius 2 is 2.40 bits per heavy atom. The Morgan fingerprint density at radius 1 is 1.70 bits per heavy atom. The Hall–Kier alpha value is -1.03. The second-order valence-corrected chi connectivity index (χ2v) is 1.99. The molecule has 1 atom stereocenters. The van der Waals surface area contributed by atoms with Gasteiger partial charge in [-0.3, -0.25) is 0 Å². The summed E-state index contributed by atoms with van der Waals surface area (Å²) in [5.41, 5.74) is 2.49. The molecule has 0 radical (unpaired) electrons. The smallest absolute Gasteiger partial charge is 0.0794 e. The van der Waals surface area contributed by atoms with Gasteiger partial charge in [-0.05, 0) is 18.9 Å². The van der Waals surface area contributed by atoms with Crippen LogP contribution in [0.3, 0.4) is 0 Å². The van der Waals surface area contributed by atoms with Crippen LogP contribution in [0, 0.1) is 11.3 Å². The summed E-state index contributed by atoms with van der Waals surface area (Å²) in [5, 5.41) is 17.1. The largest absolute Gasteiger partial charge is 0.388 e. The van der Waals surface area contributed by atoms with Crippen molar-refractivity contribution in [2.45, 2.75) is 25.4 Å². The summed E-state index contributed by atoms with van der Waals surface area (Å²) in [6.07, 6.45) is 2.87. The lowest BCUT2D eigenvalue weighted by Gasteiger charge is -1.99.